The van der Waals surface area contributed by atoms with Gasteiger partial charge >= 0.3 is 0 Å². The van der Waals surface area contributed by atoms with E-state index in [2.05, 4.69) is 80.4 Å². The summed E-state index contributed by atoms with van der Waals surface area (Å²) in [4.78, 5) is 0. The molecule has 30 heavy (non-hydrogen) atoms. The maximum atomic E-state index is 6.34. The summed E-state index contributed by atoms with van der Waals surface area (Å²) in [6.45, 7) is 11.5. The van der Waals surface area contributed by atoms with E-state index in [-0.39, 0.29) is 0 Å². The first kappa shape index (κ1) is 25.5. The summed E-state index contributed by atoms with van der Waals surface area (Å²) < 4.78 is 2.25. The van der Waals surface area contributed by atoms with E-state index in [9.17, 15) is 0 Å². The molecule has 0 bridgehead atoms. The van der Waals surface area contributed by atoms with Crippen LogP contribution >= 0.6 is 43.5 Å². The first-order valence-electron chi connectivity index (χ1n) is 10.9. The van der Waals surface area contributed by atoms with E-state index in [4.69, 9.17) is 11.6 Å². The van der Waals surface area contributed by atoms with E-state index in [0.29, 0.717) is 12.0 Å². The summed E-state index contributed by atoms with van der Waals surface area (Å²) in [6, 6.07) is 4.50. The molecular weight excluding hydrogens is 524 g/mol. The Hall–Kier alpha value is -0.810. The summed E-state index contributed by atoms with van der Waals surface area (Å²) in [7, 11) is 0. The number of allylic oxidation sites excluding steroid dienone is 3. The Kier molecular flexibility index (Phi) is 10.9. The molecule has 1 aromatic rings. The molecule has 0 radical (unpaired) electrons. The molecule has 1 unspecified atom stereocenters. The van der Waals surface area contributed by atoms with Gasteiger partial charge in [0.05, 0.1) is 6.04 Å². The van der Waals surface area contributed by atoms with Gasteiger partial charge in [0.2, 0.25) is 0 Å². The third-order valence-corrected chi connectivity index (χ3v) is 6.75. The molecule has 0 saturated carbocycles. The minimum Gasteiger partial charge on any atom is -0.383 e. The molecule has 0 saturated heterocycles. The van der Waals surface area contributed by atoms with E-state index in [0.717, 1.165) is 52.8 Å². The quantitative estimate of drug-likeness (QED) is 0.363. The van der Waals surface area contributed by atoms with E-state index in [1.807, 2.05) is 26.0 Å². The van der Waals surface area contributed by atoms with Crippen LogP contribution in [0.5, 0.6) is 0 Å². The Morgan fingerprint density at radius 3 is 2.53 bits per heavy atom. The molecule has 0 aromatic heterocycles. The highest BCUT2D eigenvalue weighted by atomic mass is 79.9. The van der Waals surface area contributed by atoms with Crippen molar-refractivity contribution in [3.63, 3.8) is 0 Å². The number of fused-ring (bicyclic) bond motifs is 2. The Labute approximate surface area is 204 Å². The largest absolute Gasteiger partial charge is 0.383 e. The predicted molar refractivity (Wildman–Crippen MR) is 140 cm³/mol. The zero-order chi connectivity index (χ0) is 22.1. The number of hydrogen-bond donors (Lipinski definition) is 2. The third kappa shape index (κ3) is 6.35. The standard InChI is InChI=1S/C19H19Br2ClN2.C4H8.C2H6/c20-14-7-13-2-1-12-8-15(22)9-16(21)17(12)18(19(13)24-10-14)11-3-5-23-6-4-11;1-3-4-2;1-2/h3,7-10,18-19,23-24H,1-2,4-6H2;3H,1,4H2,2H3;1-2H3/t18-,19?;;/m1../s1. The first-order chi connectivity index (χ1) is 14.5. The first-order valence-corrected chi connectivity index (χ1v) is 12.8. The minimum atomic E-state index is 0.314. The second kappa shape index (κ2) is 12.9. The van der Waals surface area contributed by atoms with E-state index in [1.165, 1.54) is 22.3 Å². The Morgan fingerprint density at radius 1 is 1.17 bits per heavy atom. The highest BCUT2D eigenvalue weighted by molar-refractivity contribution is 9.12. The van der Waals surface area contributed by atoms with Crippen LogP contribution in [0.25, 0.3) is 0 Å². The molecular formula is C25H33Br2ClN2. The summed E-state index contributed by atoms with van der Waals surface area (Å²) in [5, 5.41) is 7.89. The topological polar surface area (TPSA) is 24.1 Å². The van der Waals surface area contributed by atoms with Crippen LogP contribution in [-0.4, -0.2) is 19.1 Å². The smallest absolute Gasteiger partial charge is 0.0578 e. The van der Waals surface area contributed by atoms with Gasteiger partial charge in [0.25, 0.3) is 0 Å². The van der Waals surface area contributed by atoms with Crippen molar-refractivity contribution in [3.8, 4) is 0 Å². The molecule has 2 atom stereocenters. The summed E-state index contributed by atoms with van der Waals surface area (Å²) in [5.74, 6) is 0.347. The SMILES string of the molecule is C=CCC.CC.Clc1cc(Br)c2c(c1)CCC1=CC(Br)=CNC1[C@@H]2C1=CCNCC1. The molecule has 2 aliphatic heterocycles. The molecule has 4 rings (SSSR count). The number of rotatable bonds is 2. The average Bonchev–Trinajstić information content (AvgIpc) is 2.93. The highest BCUT2D eigenvalue weighted by Crippen LogP contribution is 2.45. The van der Waals surface area contributed by atoms with Crippen LogP contribution in [0.4, 0.5) is 0 Å². The number of dihydropyridines is 1. The fraction of sp³-hybridized carbons (Fsp3) is 0.440. The lowest BCUT2D eigenvalue weighted by molar-refractivity contribution is 0.539. The minimum absolute atomic E-state index is 0.314. The van der Waals surface area contributed by atoms with Gasteiger partial charge in [-0.25, -0.2) is 0 Å². The van der Waals surface area contributed by atoms with Gasteiger partial charge in [-0.1, -0.05) is 66.0 Å². The molecule has 0 fully saturated rings. The molecule has 3 aliphatic rings. The van der Waals surface area contributed by atoms with Crippen LogP contribution in [0.2, 0.25) is 5.02 Å². The van der Waals surface area contributed by atoms with Crippen LogP contribution < -0.4 is 10.6 Å². The van der Waals surface area contributed by atoms with Crippen molar-refractivity contribution >= 4 is 43.5 Å². The van der Waals surface area contributed by atoms with Gasteiger partial charge in [0.15, 0.2) is 0 Å². The van der Waals surface area contributed by atoms with Crippen molar-refractivity contribution < 1.29 is 0 Å². The number of benzene rings is 1. The zero-order valence-electron chi connectivity index (χ0n) is 18.2. The van der Waals surface area contributed by atoms with Gasteiger partial charge < -0.3 is 10.6 Å². The lowest BCUT2D eigenvalue weighted by Gasteiger charge is -2.34. The Balaban J connectivity index is 0.000000481. The van der Waals surface area contributed by atoms with Crippen molar-refractivity contribution in [2.45, 2.75) is 58.4 Å². The second-order valence-corrected chi connectivity index (χ2v) is 9.47. The molecule has 0 spiro atoms. The van der Waals surface area contributed by atoms with Gasteiger partial charge in [0, 0.05) is 32.6 Å². The number of halogens is 3. The van der Waals surface area contributed by atoms with Crippen molar-refractivity contribution in [3.05, 3.63) is 79.4 Å². The predicted octanol–water partition coefficient (Wildman–Crippen LogP) is 7.80. The van der Waals surface area contributed by atoms with Crippen LogP contribution in [0, 0.1) is 0 Å². The lowest BCUT2D eigenvalue weighted by atomic mass is 9.79. The van der Waals surface area contributed by atoms with Crippen LogP contribution in [0.3, 0.4) is 0 Å². The van der Waals surface area contributed by atoms with Crippen molar-refractivity contribution in [1.29, 1.82) is 0 Å². The van der Waals surface area contributed by atoms with Crippen molar-refractivity contribution in [1.82, 2.24) is 10.6 Å². The van der Waals surface area contributed by atoms with Crippen molar-refractivity contribution in [2.24, 2.45) is 0 Å². The lowest BCUT2D eigenvalue weighted by Crippen LogP contribution is -2.37. The normalized spacial score (nSPS) is 22.0. The monoisotopic (exact) mass is 554 g/mol. The summed E-state index contributed by atoms with van der Waals surface area (Å²) in [5.41, 5.74) is 5.76. The number of hydrogen-bond acceptors (Lipinski definition) is 2. The fourth-order valence-electron chi connectivity index (χ4n) is 4.08. The van der Waals surface area contributed by atoms with Crippen LogP contribution in [0.15, 0.2) is 63.2 Å². The van der Waals surface area contributed by atoms with Gasteiger partial charge in [-0.3, -0.25) is 0 Å². The maximum Gasteiger partial charge on any atom is 0.0578 e. The highest BCUT2D eigenvalue weighted by Gasteiger charge is 2.35. The molecule has 5 heteroatoms. The molecule has 2 N–H and O–H groups in total. The van der Waals surface area contributed by atoms with Gasteiger partial charge in [-0.2, -0.15) is 0 Å². The van der Waals surface area contributed by atoms with Crippen LogP contribution in [0.1, 0.15) is 57.1 Å². The third-order valence-electron chi connectivity index (χ3n) is 5.42. The van der Waals surface area contributed by atoms with Gasteiger partial charge in [0.1, 0.15) is 0 Å². The second-order valence-electron chi connectivity index (χ2n) is 7.26. The number of nitrogens with one attached hydrogen (secondary N) is 2. The molecule has 0 amide bonds. The molecule has 1 aliphatic carbocycles. The number of aryl methyl sites for hydroxylation is 1. The maximum absolute atomic E-state index is 6.34. The summed E-state index contributed by atoms with van der Waals surface area (Å²) >= 11 is 13.8. The molecule has 2 heterocycles. The average molecular weight is 557 g/mol. The van der Waals surface area contributed by atoms with Crippen molar-refractivity contribution in [2.75, 3.05) is 13.1 Å². The Bertz CT molecular complexity index is 827. The molecule has 1 aromatic carbocycles. The van der Waals surface area contributed by atoms with E-state index >= 15 is 0 Å². The Morgan fingerprint density at radius 2 is 1.90 bits per heavy atom. The zero-order valence-corrected chi connectivity index (χ0v) is 22.1. The van der Waals surface area contributed by atoms with E-state index < -0.39 is 0 Å². The van der Waals surface area contributed by atoms with E-state index in [1.54, 1.807) is 0 Å². The van der Waals surface area contributed by atoms with Gasteiger partial charge in [-0.15, -0.1) is 6.58 Å². The summed E-state index contributed by atoms with van der Waals surface area (Å²) in [6.07, 6.45) is 12.9. The molecule has 164 valence electrons. The van der Waals surface area contributed by atoms with Crippen LogP contribution in [-0.2, 0) is 6.42 Å². The van der Waals surface area contributed by atoms with Gasteiger partial charge in [-0.05, 0) is 83.1 Å². The molecule has 2 nitrogen and oxygen atoms in total. The fourth-order valence-corrected chi connectivity index (χ4v) is 5.63.